The van der Waals surface area contributed by atoms with E-state index < -0.39 is 4.92 Å². The van der Waals surface area contributed by atoms with Crippen LogP contribution in [0.2, 0.25) is 0 Å². The van der Waals surface area contributed by atoms with E-state index in [2.05, 4.69) is 4.98 Å². The first kappa shape index (κ1) is 11.1. The predicted octanol–water partition coefficient (Wildman–Crippen LogP) is 2.76. The SMILES string of the molecule is CN(c1ccccc1)c1ncccc1[N+](=O)[O-]. The second-order valence-electron chi connectivity index (χ2n) is 3.50. The number of rotatable bonds is 3. The number of hydrogen-bond acceptors (Lipinski definition) is 4. The molecule has 0 atom stereocenters. The first-order valence-corrected chi connectivity index (χ1v) is 5.08. The Balaban J connectivity index is 2.44. The zero-order valence-electron chi connectivity index (χ0n) is 9.28. The van der Waals surface area contributed by atoms with Gasteiger partial charge in [0, 0.05) is 25.0 Å². The summed E-state index contributed by atoms with van der Waals surface area (Å²) in [4.78, 5) is 16.2. The highest BCUT2D eigenvalue weighted by Crippen LogP contribution is 2.29. The Bertz CT molecular complexity index is 528. The van der Waals surface area contributed by atoms with Gasteiger partial charge >= 0.3 is 5.69 Å². The minimum absolute atomic E-state index is 0.00106. The topological polar surface area (TPSA) is 59.3 Å². The van der Waals surface area contributed by atoms with Gasteiger partial charge in [-0.2, -0.15) is 0 Å². The molecule has 0 bridgehead atoms. The predicted molar refractivity (Wildman–Crippen MR) is 65.4 cm³/mol. The molecule has 0 aliphatic carbocycles. The number of aromatic nitrogens is 1. The zero-order valence-corrected chi connectivity index (χ0v) is 9.28. The van der Waals surface area contributed by atoms with E-state index >= 15 is 0 Å². The lowest BCUT2D eigenvalue weighted by Gasteiger charge is -2.17. The van der Waals surface area contributed by atoms with Crippen LogP contribution in [0.5, 0.6) is 0 Å². The van der Waals surface area contributed by atoms with Gasteiger partial charge in [0.25, 0.3) is 0 Å². The van der Waals surface area contributed by atoms with Gasteiger partial charge in [0.1, 0.15) is 0 Å². The van der Waals surface area contributed by atoms with Crippen molar-refractivity contribution in [3.63, 3.8) is 0 Å². The van der Waals surface area contributed by atoms with E-state index in [-0.39, 0.29) is 5.69 Å². The number of hydrogen-bond donors (Lipinski definition) is 0. The largest absolute Gasteiger partial charge is 0.324 e. The van der Waals surface area contributed by atoms with Crippen LogP contribution in [0.3, 0.4) is 0 Å². The summed E-state index contributed by atoms with van der Waals surface area (Å²) in [5, 5.41) is 10.9. The quantitative estimate of drug-likeness (QED) is 0.599. The maximum absolute atomic E-state index is 10.9. The summed E-state index contributed by atoms with van der Waals surface area (Å²) in [5.41, 5.74) is 0.855. The fourth-order valence-corrected chi connectivity index (χ4v) is 1.56. The van der Waals surface area contributed by atoms with Gasteiger partial charge in [0.15, 0.2) is 0 Å². The van der Waals surface area contributed by atoms with Crippen LogP contribution in [0, 0.1) is 10.1 Å². The lowest BCUT2D eigenvalue weighted by Crippen LogP contribution is -2.12. The van der Waals surface area contributed by atoms with E-state index in [4.69, 9.17) is 0 Å². The molecule has 2 rings (SSSR count). The van der Waals surface area contributed by atoms with Gasteiger partial charge in [0.2, 0.25) is 5.82 Å². The Morgan fingerprint density at radius 3 is 2.53 bits per heavy atom. The van der Waals surface area contributed by atoms with Crippen molar-refractivity contribution < 1.29 is 4.92 Å². The third-order valence-corrected chi connectivity index (χ3v) is 2.42. The molecule has 0 unspecified atom stereocenters. The van der Waals surface area contributed by atoms with Crippen molar-refractivity contribution in [3.05, 3.63) is 58.8 Å². The molecule has 0 amide bonds. The summed E-state index contributed by atoms with van der Waals surface area (Å²) < 4.78 is 0. The highest BCUT2D eigenvalue weighted by Gasteiger charge is 2.18. The molecule has 0 aliphatic rings. The summed E-state index contributed by atoms with van der Waals surface area (Å²) in [6.45, 7) is 0. The van der Waals surface area contributed by atoms with Crippen LogP contribution in [-0.4, -0.2) is 17.0 Å². The molecule has 0 saturated carbocycles. The normalized spacial score (nSPS) is 9.94. The van der Waals surface area contributed by atoms with Crippen molar-refractivity contribution in [2.45, 2.75) is 0 Å². The number of benzene rings is 1. The third-order valence-electron chi connectivity index (χ3n) is 2.42. The summed E-state index contributed by atoms with van der Waals surface area (Å²) in [6.07, 6.45) is 1.54. The van der Waals surface area contributed by atoms with Crippen LogP contribution in [0.15, 0.2) is 48.7 Å². The minimum atomic E-state index is -0.429. The standard InChI is InChI=1S/C12H11N3O2/c1-14(10-6-3-2-4-7-10)12-11(15(16)17)8-5-9-13-12/h2-9H,1H3. The molecular formula is C12H11N3O2. The Kier molecular flexibility index (Phi) is 3.00. The highest BCUT2D eigenvalue weighted by molar-refractivity contribution is 5.67. The van der Waals surface area contributed by atoms with E-state index in [0.29, 0.717) is 5.82 Å². The zero-order chi connectivity index (χ0) is 12.3. The van der Waals surface area contributed by atoms with E-state index in [1.165, 1.54) is 6.07 Å². The number of para-hydroxylation sites is 1. The Morgan fingerprint density at radius 2 is 1.88 bits per heavy atom. The highest BCUT2D eigenvalue weighted by atomic mass is 16.6. The molecule has 0 N–H and O–H groups in total. The van der Waals surface area contributed by atoms with Gasteiger partial charge in [-0.3, -0.25) is 10.1 Å². The molecule has 1 aromatic carbocycles. The van der Waals surface area contributed by atoms with Crippen molar-refractivity contribution in [1.29, 1.82) is 0 Å². The van der Waals surface area contributed by atoms with Crippen LogP contribution in [-0.2, 0) is 0 Å². The number of nitrogens with zero attached hydrogens (tertiary/aromatic N) is 3. The molecule has 0 aliphatic heterocycles. The van der Waals surface area contributed by atoms with E-state index in [0.717, 1.165) is 5.69 Å². The summed E-state index contributed by atoms with van der Waals surface area (Å²) in [6, 6.07) is 12.4. The summed E-state index contributed by atoms with van der Waals surface area (Å²) in [7, 11) is 1.75. The number of anilines is 2. The molecular weight excluding hydrogens is 218 g/mol. The molecule has 0 radical (unpaired) electrons. The van der Waals surface area contributed by atoms with E-state index in [9.17, 15) is 10.1 Å². The molecule has 5 heteroatoms. The molecule has 17 heavy (non-hydrogen) atoms. The van der Waals surface area contributed by atoms with Crippen LogP contribution in [0.4, 0.5) is 17.2 Å². The fourth-order valence-electron chi connectivity index (χ4n) is 1.56. The molecule has 1 heterocycles. The van der Waals surface area contributed by atoms with Crippen molar-refractivity contribution in [2.75, 3.05) is 11.9 Å². The Hall–Kier alpha value is -2.43. The van der Waals surface area contributed by atoms with Crippen molar-refractivity contribution in [2.24, 2.45) is 0 Å². The molecule has 1 aromatic heterocycles. The monoisotopic (exact) mass is 229 g/mol. The van der Waals surface area contributed by atoms with Gasteiger partial charge in [0.05, 0.1) is 4.92 Å². The van der Waals surface area contributed by atoms with Crippen LogP contribution < -0.4 is 4.90 Å². The lowest BCUT2D eigenvalue weighted by molar-refractivity contribution is -0.384. The summed E-state index contributed by atoms with van der Waals surface area (Å²) >= 11 is 0. The average Bonchev–Trinajstić information content (AvgIpc) is 2.39. The van der Waals surface area contributed by atoms with Crippen LogP contribution in [0.25, 0.3) is 0 Å². The average molecular weight is 229 g/mol. The van der Waals surface area contributed by atoms with Crippen molar-refractivity contribution >= 4 is 17.2 Å². The van der Waals surface area contributed by atoms with Gasteiger partial charge in [-0.15, -0.1) is 0 Å². The maximum atomic E-state index is 10.9. The molecule has 2 aromatic rings. The van der Waals surface area contributed by atoms with E-state index in [1.807, 2.05) is 30.3 Å². The van der Waals surface area contributed by atoms with Gasteiger partial charge in [-0.1, -0.05) is 18.2 Å². The Labute approximate surface area is 98.5 Å². The lowest BCUT2D eigenvalue weighted by atomic mass is 10.3. The first-order valence-electron chi connectivity index (χ1n) is 5.08. The maximum Gasteiger partial charge on any atom is 0.311 e. The van der Waals surface area contributed by atoms with Gasteiger partial charge < -0.3 is 4.90 Å². The molecule has 0 saturated heterocycles. The third kappa shape index (κ3) is 2.23. The van der Waals surface area contributed by atoms with Gasteiger partial charge in [-0.05, 0) is 18.2 Å². The number of nitro groups is 1. The molecule has 0 spiro atoms. The fraction of sp³-hybridized carbons (Fsp3) is 0.0833. The van der Waals surface area contributed by atoms with E-state index in [1.54, 1.807) is 24.2 Å². The summed E-state index contributed by atoms with van der Waals surface area (Å²) in [5.74, 6) is 0.337. The van der Waals surface area contributed by atoms with Crippen LogP contribution >= 0.6 is 0 Å². The second-order valence-corrected chi connectivity index (χ2v) is 3.50. The minimum Gasteiger partial charge on any atom is -0.324 e. The van der Waals surface area contributed by atoms with Crippen LogP contribution in [0.1, 0.15) is 0 Å². The van der Waals surface area contributed by atoms with Gasteiger partial charge in [-0.25, -0.2) is 4.98 Å². The van der Waals surface area contributed by atoms with Crippen molar-refractivity contribution in [1.82, 2.24) is 4.98 Å². The number of pyridine rings is 1. The first-order chi connectivity index (χ1) is 8.20. The Morgan fingerprint density at radius 1 is 1.18 bits per heavy atom. The molecule has 0 fully saturated rings. The molecule has 86 valence electrons. The molecule has 5 nitrogen and oxygen atoms in total. The smallest absolute Gasteiger partial charge is 0.311 e. The second kappa shape index (κ2) is 4.61. The van der Waals surface area contributed by atoms with Crippen molar-refractivity contribution in [3.8, 4) is 0 Å².